The minimum absolute atomic E-state index is 0.251. The molecule has 1 heterocycles. The fraction of sp³-hybridized carbons (Fsp3) is 0.680. The first kappa shape index (κ1) is 23.7. The van der Waals surface area contributed by atoms with Crippen molar-refractivity contribution in [2.45, 2.75) is 69.5 Å². The Kier molecular flexibility index (Phi) is 6.21. The summed E-state index contributed by atoms with van der Waals surface area (Å²) in [6.07, 6.45) is 8.65. The number of sulfonamides is 1. The lowest BCUT2D eigenvalue weighted by atomic mass is 9.52. The molecule has 1 aromatic carbocycles. The molecule has 0 spiro atoms. The molecule has 1 aliphatic heterocycles. The first-order chi connectivity index (χ1) is 16.1. The van der Waals surface area contributed by atoms with Crippen LogP contribution in [-0.4, -0.2) is 60.5 Å². The summed E-state index contributed by atoms with van der Waals surface area (Å²) < 4.78 is 44.1. The van der Waals surface area contributed by atoms with E-state index in [1.807, 2.05) is 4.90 Å². The van der Waals surface area contributed by atoms with Gasteiger partial charge in [-0.15, -0.1) is 0 Å². The van der Waals surface area contributed by atoms with E-state index in [0.717, 1.165) is 35.4 Å². The number of benzene rings is 1. The summed E-state index contributed by atoms with van der Waals surface area (Å²) >= 11 is 0. The van der Waals surface area contributed by atoms with Gasteiger partial charge in [0.1, 0.15) is 11.9 Å². The molecule has 5 aliphatic rings. The number of hydrogen-bond acceptors (Lipinski definition) is 5. The molecule has 1 aromatic rings. The van der Waals surface area contributed by atoms with Crippen molar-refractivity contribution in [2.75, 3.05) is 19.4 Å². The molecule has 1 unspecified atom stereocenters. The number of carbonyl (C=O) groups is 2. The molecule has 1 saturated heterocycles. The van der Waals surface area contributed by atoms with E-state index in [1.54, 1.807) is 12.1 Å². The van der Waals surface area contributed by atoms with Crippen molar-refractivity contribution in [2.24, 2.45) is 17.8 Å². The monoisotopic (exact) mass is 492 g/mol. The third-order valence-electron chi connectivity index (χ3n) is 8.37. The van der Waals surface area contributed by atoms with Crippen LogP contribution in [0.1, 0.15) is 56.9 Å². The SMILES string of the molecule is CS(=O)(=O)N1CCCC1C(=O)OCC(=O)N(Cc1ccc(F)cc1)C12CC3CC(CC(C3)C1)C2. The summed E-state index contributed by atoms with van der Waals surface area (Å²) in [5.74, 6) is 0.627. The van der Waals surface area contributed by atoms with Crippen molar-refractivity contribution in [1.82, 2.24) is 9.21 Å². The van der Waals surface area contributed by atoms with Crippen LogP contribution in [0.4, 0.5) is 4.39 Å². The summed E-state index contributed by atoms with van der Waals surface area (Å²) in [7, 11) is -3.52. The Morgan fingerprint density at radius 1 is 1.09 bits per heavy atom. The third-order valence-corrected chi connectivity index (χ3v) is 9.66. The van der Waals surface area contributed by atoms with E-state index in [9.17, 15) is 22.4 Å². The predicted molar refractivity (Wildman–Crippen MR) is 123 cm³/mol. The number of ether oxygens (including phenoxy) is 1. The van der Waals surface area contributed by atoms with Gasteiger partial charge in [0.05, 0.1) is 6.26 Å². The van der Waals surface area contributed by atoms with Gasteiger partial charge in [-0.3, -0.25) is 9.59 Å². The molecule has 6 rings (SSSR count). The first-order valence-electron chi connectivity index (χ1n) is 12.3. The van der Waals surface area contributed by atoms with Crippen LogP contribution in [0.3, 0.4) is 0 Å². The van der Waals surface area contributed by atoms with Crippen molar-refractivity contribution >= 4 is 21.9 Å². The van der Waals surface area contributed by atoms with Crippen LogP contribution in [0.2, 0.25) is 0 Å². The van der Waals surface area contributed by atoms with Gasteiger partial charge in [0, 0.05) is 18.6 Å². The molecule has 0 aromatic heterocycles. The molecule has 0 radical (unpaired) electrons. The largest absolute Gasteiger partial charge is 0.454 e. The number of nitrogens with zero attached hydrogens (tertiary/aromatic N) is 2. The lowest BCUT2D eigenvalue weighted by Gasteiger charge is -2.60. The first-order valence-corrected chi connectivity index (χ1v) is 14.2. The normalized spacial score (nSPS) is 32.6. The summed E-state index contributed by atoms with van der Waals surface area (Å²) in [4.78, 5) is 28.2. The molecule has 9 heteroatoms. The standard InChI is InChI=1S/C25H33FN2O5S/c1-34(31,32)28-8-2-3-22(28)24(30)33-16-23(29)27(15-17-4-6-21(26)7-5-17)25-12-18-9-19(13-25)11-20(10-18)14-25/h4-7,18-20,22H,2-3,8-16H2,1H3. The second kappa shape index (κ2) is 8.90. The summed E-state index contributed by atoms with van der Waals surface area (Å²) in [5, 5.41) is 0. The van der Waals surface area contributed by atoms with E-state index in [2.05, 4.69) is 0 Å². The molecule has 1 atom stereocenters. The van der Waals surface area contributed by atoms with Crippen LogP contribution in [0.5, 0.6) is 0 Å². The van der Waals surface area contributed by atoms with Gasteiger partial charge in [0.15, 0.2) is 6.61 Å². The maximum Gasteiger partial charge on any atom is 0.324 e. The summed E-state index contributed by atoms with van der Waals surface area (Å²) in [5.41, 5.74) is 0.592. The average Bonchev–Trinajstić information content (AvgIpc) is 3.27. The Morgan fingerprint density at radius 3 is 2.24 bits per heavy atom. The Morgan fingerprint density at radius 2 is 1.68 bits per heavy atom. The predicted octanol–water partition coefficient (Wildman–Crippen LogP) is 3.09. The van der Waals surface area contributed by atoms with Crippen LogP contribution in [0.15, 0.2) is 24.3 Å². The second-order valence-corrected chi connectivity index (χ2v) is 12.8. The highest BCUT2D eigenvalue weighted by atomic mass is 32.2. The molecule has 4 aliphatic carbocycles. The van der Waals surface area contributed by atoms with Crippen molar-refractivity contribution in [3.63, 3.8) is 0 Å². The van der Waals surface area contributed by atoms with E-state index in [-0.39, 0.29) is 23.8 Å². The maximum atomic E-state index is 13.6. The molecule has 4 saturated carbocycles. The van der Waals surface area contributed by atoms with E-state index in [1.165, 1.54) is 31.4 Å². The van der Waals surface area contributed by atoms with Crippen LogP contribution >= 0.6 is 0 Å². The number of hydrogen-bond donors (Lipinski definition) is 0. The Labute approximate surface area is 200 Å². The quantitative estimate of drug-likeness (QED) is 0.546. The van der Waals surface area contributed by atoms with Crippen LogP contribution in [0, 0.1) is 23.6 Å². The number of esters is 1. The summed E-state index contributed by atoms with van der Waals surface area (Å²) in [6, 6.07) is 5.33. The topological polar surface area (TPSA) is 84.0 Å². The summed E-state index contributed by atoms with van der Waals surface area (Å²) in [6.45, 7) is 0.230. The van der Waals surface area contributed by atoms with Gasteiger partial charge in [-0.05, 0) is 86.8 Å². The zero-order valence-corrected chi connectivity index (χ0v) is 20.4. The molecule has 5 fully saturated rings. The molecule has 1 amide bonds. The number of carbonyl (C=O) groups excluding carboxylic acids is 2. The number of halogens is 1. The fourth-order valence-corrected chi connectivity index (χ4v) is 8.48. The van der Waals surface area contributed by atoms with Crippen LogP contribution < -0.4 is 0 Å². The third kappa shape index (κ3) is 4.61. The lowest BCUT2D eigenvalue weighted by molar-refractivity contribution is -0.164. The lowest BCUT2D eigenvalue weighted by Crippen LogP contribution is -2.61. The van der Waals surface area contributed by atoms with Gasteiger partial charge >= 0.3 is 5.97 Å². The van der Waals surface area contributed by atoms with Gasteiger partial charge in [-0.25, -0.2) is 12.8 Å². The van der Waals surface area contributed by atoms with Crippen LogP contribution in [-0.2, 0) is 30.9 Å². The number of rotatable bonds is 7. The molecule has 186 valence electrons. The van der Waals surface area contributed by atoms with E-state index >= 15 is 0 Å². The Bertz CT molecular complexity index is 1020. The zero-order chi connectivity index (χ0) is 24.1. The van der Waals surface area contributed by atoms with Crippen molar-refractivity contribution in [1.29, 1.82) is 0 Å². The molecular weight excluding hydrogens is 459 g/mol. The molecular formula is C25H33FN2O5S. The van der Waals surface area contributed by atoms with Gasteiger partial charge in [0.2, 0.25) is 10.0 Å². The van der Waals surface area contributed by atoms with E-state index in [0.29, 0.717) is 37.1 Å². The zero-order valence-electron chi connectivity index (χ0n) is 19.6. The van der Waals surface area contributed by atoms with Crippen molar-refractivity contribution < 1.29 is 27.1 Å². The van der Waals surface area contributed by atoms with Crippen LogP contribution in [0.25, 0.3) is 0 Å². The number of amides is 1. The second-order valence-electron chi connectivity index (χ2n) is 10.9. The Hall–Kier alpha value is -2.00. The van der Waals surface area contributed by atoms with Crippen molar-refractivity contribution in [3.05, 3.63) is 35.6 Å². The van der Waals surface area contributed by atoms with Crippen molar-refractivity contribution in [3.8, 4) is 0 Å². The molecule has 34 heavy (non-hydrogen) atoms. The maximum absolute atomic E-state index is 13.6. The highest BCUT2D eigenvalue weighted by Gasteiger charge is 2.54. The average molecular weight is 493 g/mol. The van der Waals surface area contributed by atoms with Gasteiger partial charge in [0.25, 0.3) is 5.91 Å². The highest BCUT2D eigenvalue weighted by molar-refractivity contribution is 7.88. The smallest absolute Gasteiger partial charge is 0.324 e. The molecule has 0 N–H and O–H groups in total. The highest BCUT2D eigenvalue weighted by Crippen LogP contribution is 2.58. The molecule has 4 bridgehead atoms. The minimum atomic E-state index is -3.52. The molecule has 7 nitrogen and oxygen atoms in total. The Balaban J connectivity index is 1.33. The van der Waals surface area contributed by atoms with E-state index in [4.69, 9.17) is 4.74 Å². The fourth-order valence-electron chi connectivity index (χ4n) is 7.37. The van der Waals surface area contributed by atoms with E-state index < -0.39 is 28.6 Å². The van der Waals surface area contributed by atoms with Gasteiger partial charge < -0.3 is 9.64 Å². The van der Waals surface area contributed by atoms with Gasteiger partial charge in [-0.1, -0.05) is 12.1 Å². The van der Waals surface area contributed by atoms with Gasteiger partial charge in [-0.2, -0.15) is 4.31 Å². The minimum Gasteiger partial charge on any atom is -0.454 e.